The SMILES string of the molecule is CCCCCCCNC(=O)[C@@H]1CCCN1C.CNC(=O)[C@@H]1CCCN1C. The van der Waals surface area contributed by atoms with Crippen LogP contribution in [0.3, 0.4) is 0 Å². The molecule has 2 aliphatic heterocycles. The summed E-state index contributed by atoms with van der Waals surface area (Å²) in [4.78, 5) is 27.1. The summed E-state index contributed by atoms with van der Waals surface area (Å²) in [5.74, 6) is 0.385. The number of unbranched alkanes of at least 4 members (excludes halogenated alkanes) is 4. The Morgan fingerprint density at radius 3 is 1.88 bits per heavy atom. The van der Waals surface area contributed by atoms with Crippen LogP contribution >= 0.6 is 0 Å². The van der Waals surface area contributed by atoms with Crippen molar-refractivity contribution in [1.82, 2.24) is 20.4 Å². The van der Waals surface area contributed by atoms with E-state index in [1.54, 1.807) is 7.05 Å². The Balaban J connectivity index is 0.000000289. The van der Waals surface area contributed by atoms with Crippen LogP contribution < -0.4 is 10.6 Å². The zero-order valence-corrected chi connectivity index (χ0v) is 17.4. The molecule has 0 aromatic carbocycles. The standard InChI is InChI=1S/C13H26N2O.C7H14N2O/c1-3-4-5-6-7-10-14-13(16)12-9-8-11-15(12)2;1-8-7(10)6-4-3-5-9(6)2/h12H,3-11H2,1-2H3,(H,14,16);6H,3-5H2,1-2H3,(H,8,10)/t12-;6-/m00/s1. The number of carbonyl (C=O) groups excluding carboxylic acids is 2. The van der Waals surface area contributed by atoms with Gasteiger partial charge in [0.25, 0.3) is 0 Å². The van der Waals surface area contributed by atoms with E-state index in [4.69, 9.17) is 0 Å². The van der Waals surface area contributed by atoms with E-state index in [0.717, 1.165) is 51.7 Å². The van der Waals surface area contributed by atoms with Gasteiger partial charge >= 0.3 is 0 Å². The lowest BCUT2D eigenvalue weighted by molar-refractivity contribution is -0.125. The molecule has 152 valence electrons. The molecule has 0 aliphatic carbocycles. The Kier molecular flexibility index (Phi) is 11.5. The average Bonchev–Trinajstić information content (AvgIpc) is 3.26. The third-order valence-corrected chi connectivity index (χ3v) is 5.47. The first-order valence-electron chi connectivity index (χ1n) is 10.4. The molecular formula is C20H40N4O2. The van der Waals surface area contributed by atoms with Crippen molar-refractivity contribution in [3.8, 4) is 0 Å². The summed E-state index contributed by atoms with van der Waals surface area (Å²) in [6.45, 7) is 5.19. The van der Waals surface area contributed by atoms with E-state index < -0.39 is 0 Å². The van der Waals surface area contributed by atoms with Crippen molar-refractivity contribution in [2.75, 3.05) is 40.8 Å². The van der Waals surface area contributed by atoms with Crippen LogP contribution in [-0.4, -0.2) is 74.5 Å². The molecule has 26 heavy (non-hydrogen) atoms. The number of carbonyl (C=O) groups is 2. The number of amides is 2. The molecule has 2 fully saturated rings. The normalized spacial score (nSPS) is 23.4. The van der Waals surface area contributed by atoms with Gasteiger partial charge in [0.1, 0.15) is 0 Å². The Labute approximate surface area is 160 Å². The number of likely N-dealkylation sites (N-methyl/N-ethyl adjacent to an activating group) is 3. The average molecular weight is 369 g/mol. The summed E-state index contributed by atoms with van der Waals surface area (Å²) in [6.07, 6.45) is 10.6. The Hall–Kier alpha value is -1.14. The van der Waals surface area contributed by atoms with Gasteiger partial charge in [0.15, 0.2) is 0 Å². The molecule has 2 N–H and O–H groups in total. The first kappa shape index (κ1) is 22.9. The van der Waals surface area contributed by atoms with Gasteiger partial charge in [-0.05, 0) is 59.3 Å². The van der Waals surface area contributed by atoms with Gasteiger partial charge in [-0.3, -0.25) is 19.4 Å². The van der Waals surface area contributed by atoms with E-state index in [1.165, 1.54) is 25.7 Å². The number of hydrogen-bond donors (Lipinski definition) is 2. The predicted octanol–water partition coefficient (Wildman–Crippen LogP) is 1.99. The molecule has 2 saturated heterocycles. The number of nitrogens with one attached hydrogen (secondary N) is 2. The fourth-order valence-electron chi connectivity index (χ4n) is 3.71. The molecule has 0 bridgehead atoms. The van der Waals surface area contributed by atoms with Crippen molar-refractivity contribution in [2.45, 2.75) is 76.8 Å². The second-order valence-corrected chi connectivity index (χ2v) is 7.60. The van der Waals surface area contributed by atoms with Crippen LogP contribution in [0.25, 0.3) is 0 Å². The molecule has 0 spiro atoms. The molecule has 0 saturated carbocycles. The van der Waals surface area contributed by atoms with Crippen molar-refractivity contribution in [3.63, 3.8) is 0 Å². The van der Waals surface area contributed by atoms with E-state index in [0.29, 0.717) is 0 Å². The van der Waals surface area contributed by atoms with Crippen LogP contribution in [-0.2, 0) is 9.59 Å². The third kappa shape index (κ3) is 8.04. The molecule has 0 unspecified atom stereocenters. The quantitative estimate of drug-likeness (QED) is 0.643. The molecule has 2 aliphatic rings. The maximum atomic E-state index is 11.8. The topological polar surface area (TPSA) is 64.7 Å². The highest BCUT2D eigenvalue weighted by molar-refractivity contribution is 5.82. The molecule has 2 atom stereocenters. The Morgan fingerprint density at radius 1 is 0.885 bits per heavy atom. The van der Waals surface area contributed by atoms with Crippen LogP contribution in [0.2, 0.25) is 0 Å². The van der Waals surface area contributed by atoms with Crippen LogP contribution in [0.4, 0.5) is 0 Å². The zero-order valence-electron chi connectivity index (χ0n) is 17.4. The number of likely N-dealkylation sites (tertiary alicyclic amines) is 2. The van der Waals surface area contributed by atoms with Gasteiger partial charge in [-0.25, -0.2) is 0 Å². The van der Waals surface area contributed by atoms with Crippen LogP contribution in [0.15, 0.2) is 0 Å². The largest absolute Gasteiger partial charge is 0.358 e. The molecular weight excluding hydrogens is 328 g/mol. The van der Waals surface area contributed by atoms with E-state index >= 15 is 0 Å². The molecule has 0 aromatic heterocycles. The van der Waals surface area contributed by atoms with Crippen molar-refractivity contribution >= 4 is 11.8 Å². The third-order valence-electron chi connectivity index (χ3n) is 5.47. The summed E-state index contributed by atoms with van der Waals surface area (Å²) in [7, 11) is 5.72. The lowest BCUT2D eigenvalue weighted by Crippen LogP contribution is -2.41. The van der Waals surface area contributed by atoms with Crippen LogP contribution in [0.5, 0.6) is 0 Å². The first-order valence-corrected chi connectivity index (χ1v) is 10.4. The van der Waals surface area contributed by atoms with Gasteiger partial charge < -0.3 is 10.6 Å². The Bertz CT molecular complexity index is 417. The molecule has 2 heterocycles. The molecule has 2 amide bonds. The minimum Gasteiger partial charge on any atom is -0.358 e. The van der Waals surface area contributed by atoms with E-state index in [2.05, 4.69) is 27.4 Å². The van der Waals surface area contributed by atoms with Gasteiger partial charge in [-0.15, -0.1) is 0 Å². The molecule has 0 radical (unpaired) electrons. The molecule has 6 heteroatoms. The number of nitrogens with zero attached hydrogens (tertiary/aromatic N) is 2. The zero-order chi connectivity index (χ0) is 19.4. The Morgan fingerprint density at radius 2 is 1.42 bits per heavy atom. The fraction of sp³-hybridized carbons (Fsp3) is 0.900. The number of rotatable bonds is 8. The lowest BCUT2D eigenvalue weighted by atomic mass is 10.1. The highest BCUT2D eigenvalue weighted by Gasteiger charge is 2.27. The predicted molar refractivity (Wildman–Crippen MR) is 107 cm³/mol. The summed E-state index contributed by atoms with van der Waals surface area (Å²) in [5.41, 5.74) is 0. The van der Waals surface area contributed by atoms with Gasteiger partial charge in [0, 0.05) is 13.6 Å². The highest BCUT2D eigenvalue weighted by atomic mass is 16.2. The summed E-state index contributed by atoms with van der Waals surface area (Å²) in [5, 5.41) is 5.71. The van der Waals surface area contributed by atoms with Crippen LogP contribution in [0.1, 0.15) is 64.7 Å². The summed E-state index contributed by atoms with van der Waals surface area (Å²) in [6, 6.07) is 0.264. The van der Waals surface area contributed by atoms with E-state index in [1.807, 2.05) is 14.1 Å². The van der Waals surface area contributed by atoms with Gasteiger partial charge in [0.2, 0.25) is 11.8 Å². The van der Waals surface area contributed by atoms with Gasteiger partial charge in [-0.1, -0.05) is 32.6 Å². The minimum atomic E-state index is 0.130. The van der Waals surface area contributed by atoms with Crippen molar-refractivity contribution in [1.29, 1.82) is 0 Å². The molecule has 6 nitrogen and oxygen atoms in total. The van der Waals surface area contributed by atoms with Crippen molar-refractivity contribution in [3.05, 3.63) is 0 Å². The maximum absolute atomic E-state index is 11.8. The van der Waals surface area contributed by atoms with E-state index in [9.17, 15) is 9.59 Å². The maximum Gasteiger partial charge on any atom is 0.237 e. The summed E-state index contributed by atoms with van der Waals surface area (Å²) >= 11 is 0. The smallest absolute Gasteiger partial charge is 0.237 e. The van der Waals surface area contributed by atoms with Crippen LogP contribution in [0, 0.1) is 0 Å². The first-order chi connectivity index (χ1) is 12.5. The van der Waals surface area contributed by atoms with Gasteiger partial charge in [0.05, 0.1) is 12.1 Å². The fourth-order valence-corrected chi connectivity index (χ4v) is 3.71. The van der Waals surface area contributed by atoms with Crippen molar-refractivity contribution in [2.24, 2.45) is 0 Å². The van der Waals surface area contributed by atoms with E-state index in [-0.39, 0.29) is 23.9 Å². The lowest BCUT2D eigenvalue weighted by Gasteiger charge is -2.18. The second kappa shape index (κ2) is 13.1. The number of hydrogen-bond acceptors (Lipinski definition) is 4. The molecule has 2 rings (SSSR count). The molecule has 0 aromatic rings. The van der Waals surface area contributed by atoms with Crippen molar-refractivity contribution < 1.29 is 9.59 Å². The highest BCUT2D eigenvalue weighted by Crippen LogP contribution is 2.15. The summed E-state index contributed by atoms with van der Waals surface area (Å²) < 4.78 is 0. The van der Waals surface area contributed by atoms with Gasteiger partial charge in [-0.2, -0.15) is 0 Å². The monoisotopic (exact) mass is 368 g/mol. The minimum absolute atomic E-state index is 0.130. The second-order valence-electron chi connectivity index (χ2n) is 7.60.